The predicted molar refractivity (Wildman–Crippen MR) is 116 cm³/mol. The first kappa shape index (κ1) is 20.6. The second kappa shape index (κ2) is 9.45. The maximum Gasteiger partial charge on any atom is 0.323 e. The summed E-state index contributed by atoms with van der Waals surface area (Å²) >= 11 is 1.62. The Balaban J connectivity index is 1.29. The summed E-state index contributed by atoms with van der Waals surface area (Å²) in [5, 5.41) is 2.01. The van der Waals surface area contributed by atoms with E-state index in [-0.39, 0.29) is 12.0 Å². The van der Waals surface area contributed by atoms with Gasteiger partial charge in [-0.2, -0.15) is 0 Å². The molecule has 4 rings (SSSR count). The highest BCUT2D eigenvalue weighted by molar-refractivity contribution is 7.13. The van der Waals surface area contributed by atoms with Gasteiger partial charge in [0, 0.05) is 13.0 Å². The van der Waals surface area contributed by atoms with E-state index in [1.807, 2.05) is 36.6 Å². The smallest absolute Gasteiger partial charge is 0.323 e. The van der Waals surface area contributed by atoms with Crippen molar-refractivity contribution in [1.82, 2.24) is 9.88 Å². The zero-order valence-corrected chi connectivity index (χ0v) is 18.1. The van der Waals surface area contributed by atoms with Gasteiger partial charge in [-0.1, -0.05) is 18.2 Å². The Hall–Kier alpha value is -2.64. The second-order valence-corrected chi connectivity index (χ2v) is 8.34. The van der Waals surface area contributed by atoms with E-state index >= 15 is 0 Å². The first-order chi connectivity index (χ1) is 14.6. The molecule has 1 aromatic carbocycles. The Labute approximate surface area is 180 Å². The molecule has 0 radical (unpaired) electrons. The van der Waals surface area contributed by atoms with Crippen molar-refractivity contribution in [1.29, 1.82) is 0 Å². The summed E-state index contributed by atoms with van der Waals surface area (Å²) in [6, 6.07) is 11.9. The van der Waals surface area contributed by atoms with Gasteiger partial charge < -0.3 is 13.9 Å². The highest BCUT2D eigenvalue weighted by atomic mass is 32.1. The van der Waals surface area contributed by atoms with Crippen LogP contribution in [-0.4, -0.2) is 42.2 Å². The van der Waals surface area contributed by atoms with Crippen LogP contribution in [0.25, 0.3) is 10.8 Å². The van der Waals surface area contributed by atoms with Crippen LogP contribution in [0.4, 0.5) is 0 Å². The molecule has 7 heteroatoms. The molecule has 0 aliphatic carbocycles. The first-order valence-electron chi connectivity index (χ1n) is 10.2. The van der Waals surface area contributed by atoms with Gasteiger partial charge in [0.25, 0.3) is 0 Å². The van der Waals surface area contributed by atoms with Crippen LogP contribution in [0, 0.1) is 6.92 Å². The van der Waals surface area contributed by atoms with E-state index in [0.29, 0.717) is 18.9 Å². The summed E-state index contributed by atoms with van der Waals surface area (Å²) in [7, 11) is 1.45. The lowest BCUT2D eigenvalue weighted by molar-refractivity contribution is -0.146. The molecular formula is C23H26N2O4S. The van der Waals surface area contributed by atoms with Crippen molar-refractivity contribution < 1.29 is 18.7 Å². The van der Waals surface area contributed by atoms with E-state index in [9.17, 15) is 4.79 Å². The van der Waals surface area contributed by atoms with Gasteiger partial charge in [0.05, 0.1) is 24.3 Å². The predicted octanol–water partition coefficient (Wildman–Crippen LogP) is 4.47. The molecule has 0 bridgehead atoms. The summed E-state index contributed by atoms with van der Waals surface area (Å²) < 4.78 is 16.6. The van der Waals surface area contributed by atoms with Crippen molar-refractivity contribution in [3.63, 3.8) is 0 Å². The number of ether oxygens (including phenoxy) is 2. The third-order valence-electron chi connectivity index (χ3n) is 5.38. The molecule has 2 aromatic heterocycles. The van der Waals surface area contributed by atoms with Crippen molar-refractivity contribution >= 4 is 17.3 Å². The maximum atomic E-state index is 11.9. The minimum atomic E-state index is -0.141. The average Bonchev–Trinajstić information content (AvgIpc) is 3.50. The van der Waals surface area contributed by atoms with Crippen LogP contribution in [0.3, 0.4) is 0 Å². The SMILES string of the molecule is COC(=O)[C@@H]1CCCN1Cc1ccc(OCCc2nc(-c3cccs3)oc2C)cc1. The van der Waals surface area contributed by atoms with E-state index in [4.69, 9.17) is 13.9 Å². The Kier molecular flexibility index (Phi) is 6.50. The van der Waals surface area contributed by atoms with E-state index in [1.54, 1.807) is 11.3 Å². The number of benzene rings is 1. The lowest BCUT2D eigenvalue weighted by Gasteiger charge is -2.22. The summed E-state index contributed by atoms with van der Waals surface area (Å²) in [6.45, 7) is 4.13. The van der Waals surface area contributed by atoms with Gasteiger partial charge >= 0.3 is 5.97 Å². The van der Waals surface area contributed by atoms with Crippen LogP contribution < -0.4 is 4.74 Å². The Bertz CT molecular complexity index is 966. The van der Waals surface area contributed by atoms with Crippen LogP contribution in [0.2, 0.25) is 0 Å². The fraction of sp³-hybridized carbons (Fsp3) is 0.391. The average molecular weight is 427 g/mol. The quantitative estimate of drug-likeness (QED) is 0.495. The number of methoxy groups -OCH3 is 1. The van der Waals surface area contributed by atoms with Crippen LogP contribution in [0.5, 0.6) is 5.75 Å². The van der Waals surface area contributed by atoms with Crippen molar-refractivity contribution in [2.75, 3.05) is 20.3 Å². The van der Waals surface area contributed by atoms with Crippen molar-refractivity contribution in [2.45, 2.75) is 38.8 Å². The molecule has 0 N–H and O–H groups in total. The Morgan fingerprint density at radius 2 is 2.13 bits per heavy atom. The standard InChI is InChI=1S/C23H26N2O4S/c1-16-19(24-22(29-16)21-6-4-14-30-21)11-13-28-18-9-7-17(8-10-18)15-25-12-3-5-20(25)23(26)27-2/h4,6-10,14,20H,3,5,11-13,15H2,1-2H3/t20-/m0/s1. The van der Waals surface area contributed by atoms with Crippen LogP contribution in [0.15, 0.2) is 46.2 Å². The van der Waals surface area contributed by atoms with Crippen LogP contribution in [-0.2, 0) is 22.5 Å². The van der Waals surface area contributed by atoms with Gasteiger partial charge in [0.2, 0.25) is 5.89 Å². The molecular weight excluding hydrogens is 400 g/mol. The van der Waals surface area contributed by atoms with Crippen molar-refractivity contribution in [3.8, 4) is 16.5 Å². The fourth-order valence-electron chi connectivity index (χ4n) is 3.78. The zero-order valence-electron chi connectivity index (χ0n) is 17.3. The summed E-state index contributed by atoms with van der Waals surface area (Å²) in [5.74, 6) is 2.19. The highest BCUT2D eigenvalue weighted by Gasteiger charge is 2.31. The molecule has 0 amide bonds. The molecule has 1 aliphatic rings. The monoisotopic (exact) mass is 426 g/mol. The molecule has 30 heavy (non-hydrogen) atoms. The molecule has 1 atom stereocenters. The topological polar surface area (TPSA) is 64.8 Å². The number of carbonyl (C=O) groups excluding carboxylic acids is 1. The number of oxazole rings is 1. The number of hydrogen-bond acceptors (Lipinski definition) is 7. The third-order valence-corrected chi connectivity index (χ3v) is 6.24. The second-order valence-electron chi connectivity index (χ2n) is 7.39. The third kappa shape index (κ3) is 4.74. The molecule has 0 saturated carbocycles. The summed E-state index contributed by atoms with van der Waals surface area (Å²) in [5.41, 5.74) is 2.09. The molecule has 3 heterocycles. The van der Waals surface area contributed by atoms with Gasteiger partial charge in [-0.25, -0.2) is 4.98 Å². The fourth-order valence-corrected chi connectivity index (χ4v) is 4.42. The van der Waals surface area contributed by atoms with Crippen molar-refractivity contribution in [3.05, 3.63) is 58.8 Å². The van der Waals surface area contributed by atoms with Gasteiger partial charge in [-0.3, -0.25) is 9.69 Å². The molecule has 1 saturated heterocycles. The van der Waals surface area contributed by atoms with Gasteiger partial charge in [-0.15, -0.1) is 11.3 Å². The first-order valence-corrected chi connectivity index (χ1v) is 11.1. The number of aryl methyl sites for hydroxylation is 1. The number of rotatable bonds is 8. The number of esters is 1. The number of carbonyl (C=O) groups is 1. The molecule has 6 nitrogen and oxygen atoms in total. The number of likely N-dealkylation sites (tertiary alicyclic amines) is 1. The van der Waals surface area contributed by atoms with Gasteiger partial charge in [0.1, 0.15) is 17.6 Å². The molecule has 0 spiro atoms. The molecule has 3 aromatic rings. The lowest BCUT2D eigenvalue weighted by Crippen LogP contribution is -2.36. The van der Waals surface area contributed by atoms with E-state index in [1.165, 1.54) is 7.11 Å². The van der Waals surface area contributed by atoms with Crippen molar-refractivity contribution in [2.24, 2.45) is 0 Å². The summed E-state index contributed by atoms with van der Waals surface area (Å²) in [4.78, 5) is 19.7. The van der Waals surface area contributed by atoms with E-state index in [0.717, 1.165) is 53.6 Å². The zero-order chi connectivity index (χ0) is 20.9. The maximum absolute atomic E-state index is 11.9. The normalized spacial score (nSPS) is 16.7. The van der Waals surface area contributed by atoms with E-state index < -0.39 is 0 Å². The number of hydrogen-bond donors (Lipinski definition) is 0. The Morgan fingerprint density at radius 3 is 2.87 bits per heavy atom. The molecule has 1 aliphatic heterocycles. The minimum absolute atomic E-state index is 0.129. The number of nitrogens with zero attached hydrogens (tertiary/aromatic N) is 2. The van der Waals surface area contributed by atoms with Crippen LogP contribution >= 0.6 is 11.3 Å². The molecule has 1 fully saturated rings. The summed E-state index contributed by atoms with van der Waals surface area (Å²) in [6.07, 6.45) is 2.58. The number of thiophene rings is 1. The molecule has 158 valence electrons. The largest absolute Gasteiger partial charge is 0.493 e. The Morgan fingerprint density at radius 1 is 1.30 bits per heavy atom. The molecule has 0 unspecified atom stereocenters. The highest BCUT2D eigenvalue weighted by Crippen LogP contribution is 2.26. The van der Waals surface area contributed by atoms with Crippen LogP contribution in [0.1, 0.15) is 29.9 Å². The lowest BCUT2D eigenvalue weighted by atomic mass is 10.1. The number of aromatic nitrogens is 1. The van der Waals surface area contributed by atoms with Gasteiger partial charge in [-0.05, 0) is 55.5 Å². The minimum Gasteiger partial charge on any atom is -0.493 e. The van der Waals surface area contributed by atoms with E-state index in [2.05, 4.69) is 22.0 Å². The van der Waals surface area contributed by atoms with Gasteiger partial charge in [0.15, 0.2) is 0 Å².